The van der Waals surface area contributed by atoms with Gasteiger partial charge in [0.25, 0.3) is 0 Å². The number of anilines is 1. The van der Waals surface area contributed by atoms with Gasteiger partial charge in [-0.05, 0) is 34.7 Å². The molecule has 0 atom stereocenters. The first-order chi connectivity index (χ1) is 9.38. The van der Waals surface area contributed by atoms with Crippen molar-refractivity contribution in [2.45, 2.75) is 32.7 Å². The number of rotatable bonds is 3. The Balaban J connectivity index is 2.17. The van der Waals surface area contributed by atoms with Gasteiger partial charge < -0.3 is 5.32 Å². The fourth-order valence-corrected chi connectivity index (χ4v) is 2.26. The minimum Gasteiger partial charge on any atom is -0.381 e. The summed E-state index contributed by atoms with van der Waals surface area (Å²) in [6.07, 6.45) is 0. The second-order valence-electron chi connectivity index (χ2n) is 5.90. The molecule has 0 aliphatic heterocycles. The van der Waals surface area contributed by atoms with E-state index in [1.807, 2.05) is 24.3 Å². The Hall–Kier alpha value is -1.54. The standard InChI is InChI=1S/C17H19ClFN/c1-17(2,3)13-6-4-5-7-16(13)20-11-12-8-9-14(18)15(19)10-12/h4-10,20H,11H2,1-3H3. The summed E-state index contributed by atoms with van der Waals surface area (Å²) >= 11 is 5.69. The van der Waals surface area contributed by atoms with Gasteiger partial charge in [0.15, 0.2) is 0 Å². The summed E-state index contributed by atoms with van der Waals surface area (Å²) in [5.74, 6) is -0.380. The molecule has 0 aromatic heterocycles. The molecule has 3 heteroatoms. The maximum absolute atomic E-state index is 13.4. The molecule has 0 amide bonds. The molecule has 2 aromatic rings. The highest BCUT2D eigenvalue weighted by Crippen LogP contribution is 2.29. The Morgan fingerprint density at radius 3 is 2.45 bits per heavy atom. The molecule has 0 aliphatic rings. The average molecular weight is 292 g/mol. The van der Waals surface area contributed by atoms with Crippen LogP contribution in [0.15, 0.2) is 42.5 Å². The van der Waals surface area contributed by atoms with E-state index in [1.54, 1.807) is 6.07 Å². The van der Waals surface area contributed by atoms with Crippen LogP contribution in [-0.4, -0.2) is 0 Å². The summed E-state index contributed by atoms with van der Waals surface area (Å²) in [6, 6.07) is 13.1. The van der Waals surface area contributed by atoms with Crippen molar-refractivity contribution in [2.24, 2.45) is 0 Å². The molecule has 0 radical (unpaired) electrons. The predicted molar refractivity (Wildman–Crippen MR) is 83.9 cm³/mol. The quantitative estimate of drug-likeness (QED) is 0.799. The van der Waals surface area contributed by atoms with Crippen LogP contribution in [0.5, 0.6) is 0 Å². The smallest absolute Gasteiger partial charge is 0.142 e. The van der Waals surface area contributed by atoms with Crippen LogP contribution in [0.4, 0.5) is 10.1 Å². The SMILES string of the molecule is CC(C)(C)c1ccccc1NCc1ccc(Cl)c(F)c1. The Morgan fingerprint density at radius 1 is 1.10 bits per heavy atom. The Bertz CT molecular complexity index is 602. The number of hydrogen-bond donors (Lipinski definition) is 1. The molecule has 0 fully saturated rings. The predicted octanol–water partition coefficient (Wildman–Crippen LogP) is 5.39. The molecule has 2 rings (SSSR count). The third kappa shape index (κ3) is 3.51. The molecule has 1 nitrogen and oxygen atoms in total. The minimum atomic E-state index is -0.380. The number of benzene rings is 2. The van der Waals surface area contributed by atoms with E-state index in [9.17, 15) is 4.39 Å². The summed E-state index contributed by atoms with van der Waals surface area (Å²) in [7, 11) is 0. The van der Waals surface area contributed by atoms with Gasteiger partial charge in [-0.1, -0.05) is 56.6 Å². The van der Waals surface area contributed by atoms with Crippen molar-refractivity contribution in [3.63, 3.8) is 0 Å². The summed E-state index contributed by atoms with van der Waals surface area (Å²) in [6.45, 7) is 7.10. The molecular formula is C17H19ClFN. The van der Waals surface area contributed by atoms with E-state index < -0.39 is 0 Å². The van der Waals surface area contributed by atoms with Crippen molar-refractivity contribution in [2.75, 3.05) is 5.32 Å². The lowest BCUT2D eigenvalue weighted by Crippen LogP contribution is -2.14. The van der Waals surface area contributed by atoms with Crippen LogP contribution in [-0.2, 0) is 12.0 Å². The van der Waals surface area contributed by atoms with E-state index in [4.69, 9.17) is 11.6 Å². The van der Waals surface area contributed by atoms with Crippen LogP contribution >= 0.6 is 11.6 Å². The maximum atomic E-state index is 13.4. The van der Waals surface area contributed by atoms with Gasteiger partial charge >= 0.3 is 0 Å². The van der Waals surface area contributed by atoms with Crippen LogP contribution in [0.1, 0.15) is 31.9 Å². The van der Waals surface area contributed by atoms with Gasteiger partial charge in [-0.25, -0.2) is 4.39 Å². The highest BCUT2D eigenvalue weighted by atomic mass is 35.5. The Morgan fingerprint density at radius 2 is 1.80 bits per heavy atom. The second-order valence-corrected chi connectivity index (χ2v) is 6.30. The highest BCUT2D eigenvalue weighted by Gasteiger charge is 2.17. The first kappa shape index (κ1) is 14.9. The molecular weight excluding hydrogens is 273 g/mol. The third-order valence-electron chi connectivity index (χ3n) is 3.20. The number of halogens is 2. The lowest BCUT2D eigenvalue weighted by Gasteiger charge is -2.23. The molecule has 0 unspecified atom stereocenters. The number of hydrogen-bond acceptors (Lipinski definition) is 1. The molecule has 0 heterocycles. The zero-order chi connectivity index (χ0) is 14.8. The van der Waals surface area contributed by atoms with E-state index in [2.05, 4.69) is 32.2 Å². The fourth-order valence-electron chi connectivity index (χ4n) is 2.14. The van der Waals surface area contributed by atoms with Crippen molar-refractivity contribution in [1.82, 2.24) is 0 Å². The molecule has 0 spiro atoms. The van der Waals surface area contributed by atoms with Gasteiger partial charge in [0.1, 0.15) is 5.82 Å². The highest BCUT2D eigenvalue weighted by molar-refractivity contribution is 6.30. The molecule has 1 N–H and O–H groups in total. The molecule has 106 valence electrons. The summed E-state index contributed by atoms with van der Waals surface area (Å²) in [5.41, 5.74) is 3.26. The van der Waals surface area contributed by atoms with Crippen molar-refractivity contribution < 1.29 is 4.39 Å². The number of nitrogens with one attached hydrogen (secondary N) is 1. The summed E-state index contributed by atoms with van der Waals surface area (Å²) < 4.78 is 13.4. The van der Waals surface area contributed by atoms with E-state index in [0.29, 0.717) is 6.54 Å². The van der Waals surface area contributed by atoms with Gasteiger partial charge in [-0.3, -0.25) is 0 Å². The van der Waals surface area contributed by atoms with Gasteiger partial charge in [0.2, 0.25) is 0 Å². The van der Waals surface area contributed by atoms with E-state index in [0.717, 1.165) is 11.3 Å². The molecule has 0 saturated heterocycles. The third-order valence-corrected chi connectivity index (χ3v) is 3.51. The monoisotopic (exact) mass is 291 g/mol. The largest absolute Gasteiger partial charge is 0.381 e. The minimum absolute atomic E-state index is 0.0643. The first-order valence-corrected chi connectivity index (χ1v) is 7.03. The molecule has 2 aromatic carbocycles. The van der Waals surface area contributed by atoms with Crippen LogP contribution in [0.2, 0.25) is 5.02 Å². The van der Waals surface area contributed by atoms with E-state index in [1.165, 1.54) is 11.6 Å². The fraction of sp³-hybridized carbons (Fsp3) is 0.294. The van der Waals surface area contributed by atoms with Gasteiger partial charge in [-0.15, -0.1) is 0 Å². The molecule has 20 heavy (non-hydrogen) atoms. The Kier molecular flexibility index (Phi) is 4.34. The average Bonchev–Trinajstić information content (AvgIpc) is 2.39. The molecule has 0 aliphatic carbocycles. The lowest BCUT2D eigenvalue weighted by molar-refractivity contribution is 0.591. The van der Waals surface area contributed by atoms with Crippen molar-refractivity contribution in [3.05, 3.63) is 64.4 Å². The van der Waals surface area contributed by atoms with Crippen molar-refractivity contribution >= 4 is 17.3 Å². The van der Waals surface area contributed by atoms with Crippen molar-refractivity contribution in [1.29, 1.82) is 0 Å². The van der Waals surface area contributed by atoms with Gasteiger partial charge in [-0.2, -0.15) is 0 Å². The molecule has 0 bridgehead atoms. The zero-order valence-electron chi connectivity index (χ0n) is 12.0. The normalized spacial score (nSPS) is 11.4. The first-order valence-electron chi connectivity index (χ1n) is 6.65. The van der Waals surface area contributed by atoms with E-state index >= 15 is 0 Å². The second kappa shape index (κ2) is 5.84. The Labute approximate surface area is 124 Å². The number of para-hydroxylation sites is 1. The van der Waals surface area contributed by atoms with Crippen molar-refractivity contribution in [3.8, 4) is 0 Å². The molecule has 0 saturated carbocycles. The summed E-state index contributed by atoms with van der Waals surface area (Å²) in [4.78, 5) is 0. The van der Waals surface area contributed by atoms with Crippen LogP contribution in [0, 0.1) is 5.82 Å². The summed E-state index contributed by atoms with van der Waals surface area (Å²) in [5, 5.41) is 3.53. The van der Waals surface area contributed by atoms with Gasteiger partial charge in [0.05, 0.1) is 5.02 Å². The van der Waals surface area contributed by atoms with Gasteiger partial charge in [0, 0.05) is 12.2 Å². The van der Waals surface area contributed by atoms with Crippen LogP contribution in [0.3, 0.4) is 0 Å². The van der Waals surface area contributed by atoms with Crippen LogP contribution in [0.25, 0.3) is 0 Å². The van der Waals surface area contributed by atoms with E-state index in [-0.39, 0.29) is 16.3 Å². The lowest BCUT2D eigenvalue weighted by atomic mass is 9.86. The zero-order valence-corrected chi connectivity index (χ0v) is 12.8. The maximum Gasteiger partial charge on any atom is 0.142 e. The topological polar surface area (TPSA) is 12.0 Å². The van der Waals surface area contributed by atoms with Crippen LogP contribution < -0.4 is 5.32 Å².